The zero-order valence-electron chi connectivity index (χ0n) is 14.8. The molecule has 0 amide bonds. The second kappa shape index (κ2) is 8.45. The molecule has 2 N–H and O–H groups in total. The summed E-state index contributed by atoms with van der Waals surface area (Å²) in [4.78, 5) is 12.2. The summed E-state index contributed by atoms with van der Waals surface area (Å²) in [5, 5.41) is 0.00219. The van der Waals surface area contributed by atoms with Crippen LogP contribution in [0.5, 0.6) is 0 Å². The average Bonchev–Trinajstić information content (AvgIpc) is 2.68. The van der Waals surface area contributed by atoms with Gasteiger partial charge in [0.2, 0.25) is 0 Å². The van der Waals surface area contributed by atoms with Crippen LogP contribution in [0.15, 0.2) is 41.5 Å². The minimum atomic E-state index is -4.46. The highest BCUT2D eigenvalue weighted by atomic mass is 35.5. The van der Waals surface area contributed by atoms with Gasteiger partial charge in [0.05, 0.1) is 22.2 Å². The highest BCUT2D eigenvalue weighted by molar-refractivity contribution is 6.33. The summed E-state index contributed by atoms with van der Waals surface area (Å²) in [5.74, 6) is 0.893. The number of nitrogens with zero attached hydrogens (tertiary/aromatic N) is 4. The number of halogens is 5. The van der Waals surface area contributed by atoms with Crippen LogP contribution in [0.3, 0.4) is 0 Å². The quantitative estimate of drug-likeness (QED) is 0.445. The lowest BCUT2D eigenvalue weighted by Crippen LogP contribution is -2.47. The fourth-order valence-corrected chi connectivity index (χ4v) is 3.27. The van der Waals surface area contributed by atoms with E-state index < -0.39 is 11.7 Å². The van der Waals surface area contributed by atoms with Gasteiger partial charge in [-0.1, -0.05) is 11.6 Å². The standard InChI is InChI=1S/C18H18Cl2F3N5/c19-10-16(24)26-13-1-3-14(4-2-13)27-5-7-28(8-6-27)17-15(20)9-12(11-25-17)18(21,22)23/h1-4,9,11H,5-8,10H2,(H2,24,26). The molecule has 28 heavy (non-hydrogen) atoms. The Hall–Kier alpha value is -2.19. The van der Waals surface area contributed by atoms with Crippen molar-refractivity contribution >= 4 is 46.2 Å². The van der Waals surface area contributed by atoms with Crippen molar-refractivity contribution in [3.8, 4) is 0 Å². The van der Waals surface area contributed by atoms with Gasteiger partial charge in [-0.25, -0.2) is 9.98 Å². The van der Waals surface area contributed by atoms with E-state index in [1.807, 2.05) is 29.2 Å². The first-order valence-corrected chi connectivity index (χ1v) is 9.41. The molecule has 1 aromatic heterocycles. The molecule has 0 aliphatic carbocycles. The van der Waals surface area contributed by atoms with Gasteiger partial charge in [0.25, 0.3) is 0 Å². The van der Waals surface area contributed by atoms with Crippen molar-refractivity contribution in [1.29, 1.82) is 0 Å². The molecule has 3 rings (SSSR count). The zero-order valence-corrected chi connectivity index (χ0v) is 16.3. The minimum Gasteiger partial charge on any atom is -0.386 e. The van der Waals surface area contributed by atoms with Crippen LogP contribution < -0.4 is 15.5 Å². The molecule has 1 fully saturated rings. The number of anilines is 2. The van der Waals surface area contributed by atoms with Crippen molar-refractivity contribution in [3.63, 3.8) is 0 Å². The van der Waals surface area contributed by atoms with E-state index in [2.05, 4.69) is 14.9 Å². The second-order valence-electron chi connectivity index (χ2n) is 6.25. The first kappa shape index (κ1) is 20.5. The molecule has 1 aliphatic rings. The summed E-state index contributed by atoms with van der Waals surface area (Å²) in [7, 11) is 0. The molecule has 0 unspecified atom stereocenters. The Morgan fingerprint density at radius 1 is 1.11 bits per heavy atom. The molecule has 1 saturated heterocycles. The SMILES string of the molecule is NC(CCl)=Nc1ccc(N2CCN(c3ncc(C(F)(F)F)cc3Cl)CC2)cc1. The molecule has 0 saturated carbocycles. The topological polar surface area (TPSA) is 57.8 Å². The van der Waals surface area contributed by atoms with E-state index in [-0.39, 0.29) is 10.9 Å². The van der Waals surface area contributed by atoms with E-state index in [1.54, 1.807) is 0 Å². The number of amidine groups is 1. The molecule has 2 aromatic rings. The first-order valence-electron chi connectivity index (χ1n) is 8.49. The van der Waals surface area contributed by atoms with E-state index in [0.717, 1.165) is 23.6 Å². The third-order valence-electron chi connectivity index (χ3n) is 4.35. The minimum absolute atomic E-state index is 0.00219. The lowest BCUT2D eigenvalue weighted by atomic mass is 10.2. The van der Waals surface area contributed by atoms with Crippen LogP contribution in [0.1, 0.15) is 5.56 Å². The smallest absolute Gasteiger partial charge is 0.386 e. The predicted molar refractivity (Wildman–Crippen MR) is 107 cm³/mol. The Kier molecular flexibility index (Phi) is 6.20. The summed E-state index contributed by atoms with van der Waals surface area (Å²) < 4.78 is 38.3. The molecule has 0 radical (unpaired) electrons. The maximum absolute atomic E-state index is 12.8. The Bertz CT molecular complexity index is 847. The van der Waals surface area contributed by atoms with Crippen LogP contribution in [0.2, 0.25) is 5.02 Å². The molecule has 10 heteroatoms. The normalized spacial score (nSPS) is 15.8. The van der Waals surface area contributed by atoms with Crippen LogP contribution >= 0.6 is 23.2 Å². The maximum atomic E-state index is 12.8. The number of nitrogens with two attached hydrogens (primary N) is 1. The van der Waals surface area contributed by atoms with Gasteiger partial charge in [-0.2, -0.15) is 13.2 Å². The Labute approximate surface area is 170 Å². The molecule has 2 heterocycles. The third kappa shape index (κ3) is 4.80. The molecular weight excluding hydrogens is 414 g/mol. The molecule has 150 valence electrons. The average molecular weight is 432 g/mol. The van der Waals surface area contributed by atoms with E-state index in [4.69, 9.17) is 28.9 Å². The number of pyridine rings is 1. The predicted octanol–water partition coefficient (Wildman–Crippen LogP) is 4.31. The highest BCUT2D eigenvalue weighted by Crippen LogP contribution is 2.34. The highest BCUT2D eigenvalue weighted by Gasteiger charge is 2.32. The summed E-state index contributed by atoms with van der Waals surface area (Å²) in [6.07, 6.45) is -3.64. The molecular formula is C18H18Cl2F3N5. The van der Waals surface area contributed by atoms with Gasteiger partial charge in [0, 0.05) is 38.1 Å². The fraction of sp³-hybridized carbons (Fsp3) is 0.333. The summed E-state index contributed by atoms with van der Waals surface area (Å²) >= 11 is 11.7. The number of hydrogen-bond donors (Lipinski definition) is 1. The van der Waals surface area contributed by atoms with Crippen molar-refractivity contribution < 1.29 is 13.2 Å². The van der Waals surface area contributed by atoms with Gasteiger partial charge in [0.1, 0.15) is 11.7 Å². The first-order chi connectivity index (χ1) is 13.3. The lowest BCUT2D eigenvalue weighted by molar-refractivity contribution is -0.137. The number of aliphatic imine (C=N–C) groups is 1. The number of benzene rings is 1. The number of aromatic nitrogens is 1. The van der Waals surface area contributed by atoms with E-state index >= 15 is 0 Å². The zero-order chi connectivity index (χ0) is 20.3. The van der Waals surface area contributed by atoms with E-state index in [9.17, 15) is 13.2 Å². The van der Waals surface area contributed by atoms with Crippen molar-refractivity contribution in [2.24, 2.45) is 10.7 Å². The van der Waals surface area contributed by atoms with Crippen molar-refractivity contribution in [1.82, 2.24) is 4.98 Å². The number of hydrogen-bond acceptors (Lipinski definition) is 4. The summed E-state index contributed by atoms with van der Waals surface area (Å²) in [6.45, 7) is 2.56. The van der Waals surface area contributed by atoms with Gasteiger partial charge in [-0.15, -0.1) is 11.6 Å². The largest absolute Gasteiger partial charge is 0.417 e. The van der Waals surface area contributed by atoms with Crippen molar-refractivity contribution in [2.45, 2.75) is 6.18 Å². The van der Waals surface area contributed by atoms with Gasteiger partial charge >= 0.3 is 6.18 Å². The number of rotatable bonds is 4. The molecule has 0 bridgehead atoms. The van der Waals surface area contributed by atoms with Gasteiger partial charge in [-0.3, -0.25) is 0 Å². The molecule has 5 nitrogen and oxygen atoms in total. The monoisotopic (exact) mass is 431 g/mol. The van der Waals surface area contributed by atoms with Gasteiger partial charge in [-0.05, 0) is 30.3 Å². The molecule has 1 aromatic carbocycles. The number of piperazine rings is 1. The Morgan fingerprint density at radius 2 is 1.71 bits per heavy atom. The summed E-state index contributed by atoms with van der Waals surface area (Å²) in [6, 6.07) is 8.52. The number of alkyl halides is 4. The fourth-order valence-electron chi connectivity index (χ4n) is 2.93. The second-order valence-corrected chi connectivity index (χ2v) is 6.93. The Balaban J connectivity index is 1.65. The Morgan fingerprint density at radius 3 is 2.25 bits per heavy atom. The van der Waals surface area contributed by atoms with Gasteiger partial charge in [0.15, 0.2) is 0 Å². The van der Waals surface area contributed by atoms with Crippen LogP contribution in [-0.4, -0.2) is 42.9 Å². The van der Waals surface area contributed by atoms with E-state index in [0.29, 0.717) is 37.8 Å². The maximum Gasteiger partial charge on any atom is 0.417 e. The van der Waals surface area contributed by atoms with Crippen LogP contribution in [0, 0.1) is 0 Å². The van der Waals surface area contributed by atoms with Crippen LogP contribution in [0.4, 0.5) is 30.4 Å². The molecule has 0 atom stereocenters. The van der Waals surface area contributed by atoms with Crippen molar-refractivity contribution in [2.75, 3.05) is 41.9 Å². The van der Waals surface area contributed by atoms with Gasteiger partial charge < -0.3 is 15.5 Å². The lowest BCUT2D eigenvalue weighted by Gasteiger charge is -2.37. The van der Waals surface area contributed by atoms with Crippen LogP contribution in [-0.2, 0) is 6.18 Å². The molecule has 0 spiro atoms. The summed E-state index contributed by atoms with van der Waals surface area (Å²) in [5.41, 5.74) is 6.52. The third-order valence-corrected chi connectivity index (χ3v) is 4.90. The molecule has 1 aliphatic heterocycles. The van der Waals surface area contributed by atoms with E-state index in [1.165, 1.54) is 0 Å². The van der Waals surface area contributed by atoms with Crippen LogP contribution in [0.25, 0.3) is 0 Å². The van der Waals surface area contributed by atoms with Crippen molar-refractivity contribution in [3.05, 3.63) is 47.1 Å².